The zero-order valence-electron chi connectivity index (χ0n) is 9.76. The van der Waals surface area contributed by atoms with Crippen LogP contribution in [-0.4, -0.2) is 22.8 Å². The molecule has 90 valence electrons. The average molecular weight is 226 g/mol. The first kappa shape index (κ1) is 12.5. The summed E-state index contributed by atoms with van der Waals surface area (Å²) >= 11 is 0. The Bertz CT molecular complexity index is 392. The second-order valence-electron chi connectivity index (χ2n) is 3.61. The van der Waals surface area contributed by atoms with Crippen LogP contribution in [0.5, 0.6) is 0 Å². The molecule has 0 aliphatic rings. The fourth-order valence-electron chi connectivity index (χ4n) is 1.55. The van der Waals surface area contributed by atoms with E-state index in [1.165, 1.54) is 0 Å². The van der Waals surface area contributed by atoms with Crippen LogP contribution in [-0.2, 0) is 11.2 Å². The summed E-state index contributed by atoms with van der Waals surface area (Å²) in [6.07, 6.45) is 3.83. The summed E-state index contributed by atoms with van der Waals surface area (Å²) in [6, 6.07) is 0. The maximum atomic E-state index is 11.5. The molecule has 0 aliphatic heterocycles. The minimum atomic E-state index is -0.545. The van der Waals surface area contributed by atoms with Crippen molar-refractivity contribution in [2.75, 3.05) is 6.61 Å². The molecule has 0 unspecified atom stereocenters. The van der Waals surface area contributed by atoms with Gasteiger partial charge in [-0.3, -0.25) is 9.89 Å². The number of aromatic nitrogens is 2. The number of rotatable bonds is 6. The number of ether oxygens (including phenoxy) is 1. The van der Waals surface area contributed by atoms with Gasteiger partial charge in [0, 0.05) is 0 Å². The normalized spacial score (nSPS) is 10.4. The summed E-state index contributed by atoms with van der Waals surface area (Å²) in [7, 11) is 0. The molecule has 1 rings (SSSR count). The highest BCUT2D eigenvalue weighted by Crippen LogP contribution is 2.07. The lowest BCUT2D eigenvalue weighted by molar-refractivity contribution is 0.0523. The van der Waals surface area contributed by atoms with Gasteiger partial charge in [-0.05, 0) is 19.8 Å². The van der Waals surface area contributed by atoms with Crippen molar-refractivity contribution in [3.8, 4) is 0 Å². The van der Waals surface area contributed by atoms with Crippen molar-refractivity contribution in [2.45, 2.75) is 39.5 Å². The van der Waals surface area contributed by atoms with Crippen LogP contribution in [0, 0.1) is 0 Å². The molecule has 0 amide bonds. The van der Waals surface area contributed by atoms with Crippen molar-refractivity contribution in [3.05, 3.63) is 21.6 Å². The molecular weight excluding hydrogens is 208 g/mol. The van der Waals surface area contributed by atoms with Gasteiger partial charge in [-0.2, -0.15) is 0 Å². The fraction of sp³-hybridized carbons (Fsp3) is 0.636. The molecule has 16 heavy (non-hydrogen) atoms. The van der Waals surface area contributed by atoms with Gasteiger partial charge >= 0.3 is 5.97 Å². The largest absolute Gasteiger partial charge is 0.462 e. The standard InChI is InChI=1S/C11H18N2O3/c1-3-5-6-7-8-9(10(14)13-12-8)11(15)16-4-2/h3-7H2,1-2H3,(H2,12,13,14). The SMILES string of the molecule is CCCCCc1[nH][nH]c(=O)c1C(=O)OCC. The van der Waals surface area contributed by atoms with Crippen molar-refractivity contribution in [2.24, 2.45) is 0 Å². The molecule has 0 bridgehead atoms. The third-order valence-corrected chi connectivity index (χ3v) is 2.37. The Balaban J connectivity index is 2.77. The van der Waals surface area contributed by atoms with E-state index < -0.39 is 11.5 Å². The van der Waals surface area contributed by atoms with E-state index >= 15 is 0 Å². The third kappa shape index (κ3) is 2.98. The summed E-state index contributed by atoms with van der Waals surface area (Å²) in [6.45, 7) is 4.10. The second kappa shape index (κ2) is 6.15. The van der Waals surface area contributed by atoms with Crippen LogP contribution in [0.1, 0.15) is 49.2 Å². The molecule has 0 saturated heterocycles. The minimum absolute atomic E-state index is 0.123. The predicted molar refractivity (Wildman–Crippen MR) is 60.6 cm³/mol. The molecule has 0 spiro atoms. The second-order valence-corrected chi connectivity index (χ2v) is 3.61. The monoisotopic (exact) mass is 226 g/mol. The summed E-state index contributed by atoms with van der Waals surface area (Å²) in [4.78, 5) is 22.9. The van der Waals surface area contributed by atoms with E-state index in [0.29, 0.717) is 12.1 Å². The van der Waals surface area contributed by atoms with Gasteiger partial charge in [0.25, 0.3) is 5.56 Å². The van der Waals surface area contributed by atoms with Crippen molar-refractivity contribution < 1.29 is 9.53 Å². The van der Waals surface area contributed by atoms with Gasteiger partial charge in [-0.1, -0.05) is 19.8 Å². The molecule has 5 heteroatoms. The lowest BCUT2D eigenvalue weighted by Crippen LogP contribution is -2.16. The molecule has 1 aromatic rings. The van der Waals surface area contributed by atoms with Crippen LogP contribution >= 0.6 is 0 Å². The highest BCUT2D eigenvalue weighted by atomic mass is 16.5. The molecular formula is C11H18N2O3. The molecule has 5 nitrogen and oxygen atoms in total. The Labute approximate surface area is 94.2 Å². The number of hydrogen-bond donors (Lipinski definition) is 2. The molecule has 1 heterocycles. The number of esters is 1. The van der Waals surface area contributed by atoms with Crippen molar-refractivity contribution in [3.63, 3.8) is 0 Å². The molecule has 0 radical (unpaired) electrons. The Morgan fingerprint density at radius 3 is 2.62 bits per heavy atom. The fourth-order valence-corrected chi connectivity index (χ4v) is 1.55. The van der Waals surface area contributed by atoms with Crippen molar-refractivity contribution >= 4 is 5.97 Å². The van der Waals surface area contributed by atoms with Gasteiger partial charge in [0.2, 0.25) is 0 Å². The van der Waals surface area contributed by atoms with Gasteiger partial charge in [-0.25, -0.2) is 4.79 Å². The number of H-pyrrole nitrogens is 2. The lowest BCUT2D eigenvalue weighted by atomic mass is 10.1. The molecule has 0 fully saturated rings. The van der Waals surface area contributed by atoms with E-state index in [-0.39, 0.29) is 12.2 Å². The van der Waals surface area contributed by atoms with Crippen LogP contribution in [0.25, 0.3) is 0 Å². The predicted octanol–water partition coefficient (Wildman–Crippen LogP) is 1.61. The third-order valence-electron chi connectivity index (χ3n) is 2.37. The van der Waals surface area contributed by atoms with Crippen LogP contribution in [0.15, 0.2) is 4.79 Å². The molecule has 0 aliphatic carbocycles. The first-order chi connectivity index (χ1) is 7.70. The maximum Gasteiger partial charge on any atom is 0.345 e. The highest BCUT2D eigenvalue weighted by molar-refractivity contribution is 5.90. The maximum absolute atomic E-state index is 11.5. The summed E-state index contributed by atoms with van der Waals surface area (Å²) < 4.78 is 4.84. The molecule has 2 N–H and O–H groups in total. The summed E-state index contributed by atoms with van der Waals surface area (Å²) in [5.74, 6) is -0.545. The summed E-state index contributed by atoms with van der Waals surface area (Å²) in [5, 5.41) is 5.16. The number of carbonyl (C=O) groups is 1. The van der Waals surface area contributed by atoms with Gasteiger partial charge in [0.15, 0.2) is 0 Å². The topological polar surface area (TPSA) is 75.0 Å². The molecule has 1 aromatic heterocycles. The number of unbranched alkanes of at least 4 members (excludes halogenated alkanes) is 2. The van der Waals surface area contributed by atoms with E-state index in [2.05, 4.69) is 17.1 Å². The van der Waals surface area contributed by atoms with Crippen LogP contribution < -0.4 is 5.56 Å². The molecule has 0 aromatic carbocycles. The molecule has 0 atom stereocenters. The molecule has 0 saturated carbocycles. The van der Waals surface area contributed by atoms with E-state index in [4.69, 9.17) is 4.74 Å². The minimum Gasteiger partial charge on any atom is -0.462 e. The van der Waals surface area contributed by atoms with Gasteiger partial charge in [0.1, 0.15) is 5.56 Å². The van der Waals surface area contributed by atoms with Gasteiger partial charge in [-0.15, -0.1) is 0 Å². The number of hydrogen-bond acceptors (Lipinski definition) is 3. The quantitative estimate of drug-likeness (QED) is 0.571. The highest BCUT2D eigenvalue weighted by Gasteiger charge is 2.18. The first-order valence-electron chi connectivity index (χ1n) is 5.67. The van der Waals surface area contributed by atoms with Gasteiger partial charge < -0.3 is 9.84 Å². The van der Waals surface area contributed by atoms with Crippen molar-refractivity contribution in [1.29, 1.82) is 0 Å². The van der Waals surface area contributed by atoms with E-state index in [9.17, 15) is 9.59 Å². The Morgan fingerprint density at radius 1 is 1.25 bits per heavy atom. The number of carbonyl (C=O) groups excluding carboxylic acids is 1. The Hall–Kier alpha value is -1.52. The van der Waals surface area contributed by atoms with Gasteiger partial charge in [0.05, 0.1) is 12.3 Å². The Morgan fingerprint density at radius 2 is 2.00 bits per heavy atom. The zero-order chi connectivity index (χ0) is 12.0. The van der Waals surface area contributed by atoms with E-state index in [0.717, 1.165) is 19.3 Å². The smallest absolute Gasteiger partial charge is 0.345 e. The first-order valence-corrected chi connectivity index (χ1v) is 5.67. The number of aryl methyl sites for hydroxylation is 1. The zero-order valence-corrected chi connectivity index (χ0v) is 9.76. The van der Waals surface area contributed by atoms with E-state index in [1.54, 1.807) is 6.92 Å². The average Bonchev–Trinajstić information content (AvgIpc) is 2.61. The number of nitrogens with one attached hydrogen (secondary N) is 2. The lowest BCUT2D eigenvalue weighted by Gasteiger charge is -2.01. The van der Waals surface area contributed by atoms with Crippen LogP contribution in [0.4, 0.5) is 0 Å². The van der Waals surface area contributed by atoms with E-state index in [1.807, 2.05) is 0 Å². The van der Waals surface area contributed by atoms with Crippen LogP contribution in [0.2, 0.25) is 0 Å². The van der Waals surface area contributed by atoms with Crippen molar-refractivity contribution in [1.82, 2.24) is 10.2 Å². The number of aromatic amines is 2. The Kier molecular flexibility index (Phi) is 4.82. The van der Waals surface area contributed by atoms with Crippen LogP contribution in [0.3, 0.4) is 0 Å². The summed E-state index contributed by atoms with van der Waals surface area (Å²) in [5.41, 5.74) is 0.375.